The van der Waals surface area contributed by atoms with Crippen LogP contribution in [0, 0.1) is 0 Å². The number of nitrogens with one attached hydrogen (secondary N) is 1. The molecule has 18 heavy (non-hydrogen) atoms. The molecule has 1 heterocycles. The van der Waals surface area contributed by atoms with E-state index in [-0.39, 0.29) is 0 Å². The number of likely N-dealkylation sites (tertiary alicyclic amines) is 1. The number of benzene rings is 1. The molecule has 0 aliphatic carbocycles. The third-order valence-corrected chi connectivity index (χ3v) is 3.72. The fraction of sp³-hybridized carbons (Fsp3) is 0.625. The molecule has 2 heteroatoms. The van der Waals surface area contributed by atoms with Gasteiger partial charge in [-0.25, -0.2) is 0 Å². The first-order valence-corrected chi connectivity index (χ1v) is 7.42. The predicted molar refractivity (Wildman–Crippen MR) is 77.9 cm³/mol. The third-order valence-electron chi connectivity index (χ3n) is 3.72. The fourth-order valence-corrected chi connectivity index (χ4v) is 2.59. The first-order valence-electron chi connectivity index (χ1n) is 7.42. The van der Waals surface area contributed by atoms with Gasteiger partial charge in [-0.15, -0.1) is 0 Å². The van der Waals surface area contributed by atoms with E-state index in [9.17, 15) is 0 Å². The van der Waals surface area contributed by atoms with E-state index in [1.54, 1.807) is 0 Å². The second kappa shape index (κ2) is 8.28. The standard InChI is InChI=1S/C16H26N2/c1-2-8-16(9-3-1)10-4-5-11-17-12-15-18-13-6-7-14-18/h1-3,8-9,17H,4-7,10-15H2. The molecular formula is C16H26N2. The Morgan fingerprint density at radius 3 is 2.50 bits per heavy atom. The smallest absolute Gasteiger partial charge is 0.0107 e. The van der Waals surface area contributed by atoms with Gasteiger partial charge in [0.1, 0.15) is 0 Å². The lowest BCUT2D eigenvalue weighted by Gasteiger charge is -2.14. The van der Waals surface area contributed by atoms with E-state index in [0.29, 0.717) is 0 Å². The molecule has 1 fully saturated rings. The van der Waals surface area contributed by atoms with Crippen LogP contribution in [0.1, 0.15) is 31.2 Å². The molecule has 1 aromatic carbocycles. The minimum atomic E-state index is 1.16. The summed E-state index contributed by atoms with van der Waals surface area (Å²) in [4.78, 5) is 2.57. The third kappa shape index (κ3) is 5.19. The molecule has 0 aromatic heterocycles. The average molecular weight is 246 g/mol. The zero-order valence-electron chi connectivity index (χ0n) is 11.4. The summed E-state index contributed by atoms with van der Waals surface area (Å²) in [6.07, 6.45) is 6.60. The summed E-state index contributed by atoms with van der Waals surface area (Å²) in [5.41, 5.74) is 1.47. The van der Waals surface area contributed by atoms with Gasteiger partial charge in [0.15, 0.2) is 0 Å². The Labute approximate surface area is 111 Å². The van der Waals surface area contributed by atoms with Crippen molar-refractivity contribution in [3.8, 4) is 0 Å². The van der Waals surface area contributed by atoms with Crippen molar-refractivity contribution in [3.05, 3.63) is 35.9 Å². The van der Waals surface area contributed by atoms with Crippen LogP contribution in [-0.4, -0.2) is 37.6 Å². The van der Waals surface area contributed by atoms with Gasteiger partial charge in [0.05, 0.1) is 0 Å². The van der Waals surface area contributed by atoms with Gasteiger partial charge in [-0.05, 0) is 57.3 Å². The average Bonchev–Trinajstić information content (AvgIpc) is 2.92. The van der Waals surface area contributed by atoms with Gasteiger partial charge in [-0.3, -0.25) is 0 Å². The molecule has 1 aromatic rings. The van der Waals surface area contributed by atoms with E-state index in [1.165, 1.54) is 63.8 Å². The van der Waals surface area contributed by atoms with Crippen molar-refractivity contribution in [1.29, 1.82) is 0 Å². The van der Waals surface area contributed by atoms with Gasteiger partial charge in [0.2, 0.25) is 0 Å². The minimum Gasteiger partial charge on any atom is -0.315 e. The van der Waals surface area contributed by atoms with Gasteiger partial charge in [-0.2, -0.15) is 0 Å². The van der Waals surface area contributed by atoms with Crippen LogP contribution < -0.4 is 5.32 Å². The maximum absolute atomic E-state index is 3.56. The largest absolute Gasteiger partial charge is 0.315 e. The zero-order chi connectivity index (χ0) is 12.5. The van der Waals surface area contributed by atoms with Gasteiger partial charge in [0.25, 0.3) is 0 Å². The summed E-state index contributed by atoms with van der Waals surface area (Å²) in [6, 6.07) is 10.8. The lowest BCUT2D eigenvalue weighted by atomic mass is 10.1. The van der Waals surface area contributed by atoms with Crippen LogP contribution in [0.3, 0.4) is 0 Å². The SMILES string of the molecule is c1ccc(CCCCNCCN2CCCC2)cc1. The molecule has 1 saturated heterocycles. The molecule has 2 nitrogen and oxygen atoms in total. The first-order chi connectivity index (χ1) is 8.95. The summed E-state index contributed by atoms with van der Waals surface area (Å²) < 4.78 is 0. The van der Waals surface area contributed by atoms with Crippen LogP contribution in [0.5, 0.6) is 0 Å². The van der Waals surface area contributed by atoms with Crippen molar-refractivity contribution in [2.75, 3.05) is 32.7 Å². The molecule has 0 amide bonds. The van der Waals surface area contributed by atoms with E-state index in [4.69, 9.17) is 0 Å². The molecule has 1 N–H and O–H groups in total. The van der Waals surface area contributed by atoms with Crippen molar-refractivity contribution < 1.29 is 0 Å². The Hall–Kier alpha value is -0.860. The molecule has 2 rings (SSSR count). The second-order valence-electron chi connectivity index (χ2n) is 5.24. The molecule has 0 bridgehead atoms. The second-order valence-corrected chi connectivity index (χ2v) is 5.24. The van der Waals surface area contributed by atoms with E-state index < -0.39 is 0 Å². The molecular weight excluding hydrogens is 220 g/mol. The predicted octanol–water partition coefficient (Wildman–Crippen LogP) is 2.69. The molecule has 0 spiro atoms. The van der Waals surface area contributed by atoms with E-state index in [2.05, 4.69) is 40.5 Å². The molecule has 100 valence electrons. The Balaban J connectivity index is 1.42. The Kier molecular flexibility index (Phi) is 6.24. The lowest BCUT2D eigenvalue weighted by molar-refractivity contribution is 0.335. The van der Waals surface area contributed by atoms with Gasteiger partial charge in [-0.1, -0.05) is 30.3 Å². The summed E-state index contributed by atoms with van der Waals surface area (Å²) in [5.74, 6) is 0. The van der Waals surface area contributed by atoms with Crippen LogP contribution in [-0.2, 0) is 6.42 Å². The maximum atomic E-state index is 3.56. The Bertz CT molecular complexity index is 304. The van der Waals surface area contributed by atoms with Crippen molar-refractivity contribution in [2.45, 2.75) is 32.1 Å². The van der Waals surface area contributed by atoms with Crippen LogP contribution in [0.4, 0.5) is 0 Å². The van der Waals surface area contributed by atoms with E-state index in [1.807, 2.05) is 0 Å². The van der Waals surface area contributed by atoms with Crippen molar-refractivity contribution >= 4 is 0 Å². The quantitative estimate of drug-likeness (QED) is 0.710. The fourth-order valence-electron chi connectivity index (χ4n) is 2.59. The number of aryl methyl sites for hydroxylation is 1. The maximum Gasteiger partial charge on any atom is 0.0107 e. The molecule has 0 radical (unpaired) electrons. The summed E-state index contributed by atoms with van der Waals surface area (Å²) in [5, 5.41) is 3.56. The molecule has 1 aliphatic rings. The first kappa shape index (κ1) is 13.6. The Morgan fingerprint density at radius 2 is 1.72 bits per heavy atom. The van der Waals surface area contributed by atoms with Crippen LogP contribution in [0.2, 0.25) is 0 Å². The number of hydrogen-bond donors (Lipinski definition) is 1. The molecule has 0 saturated carbocycles. The van der Waals surface area contributed by atoms with E-state index in [0.717, 1.165) is 6.54 Å². The van der Waals surface area contributed by atoms with Crippen LogP contribution >= 0.6 is 0 Å². The summed E-state index contributed by atoms with van der Waals surface area (Å²) in [6.45, 7) is 6.19. The van der Waals surface area contributed by atoms with Crippen molar-refractivity contribution in [2.24, 2.45) is 0 Å². The monoisotopic (exact) mass is 246 g/mol. The van der Waals surface area contributed by atoms with E-state index >= 15 is 0 Å². The molecule has 0 atom stereocenters. The molecule has 1 aliphatic heterocycles. The highest BCUT2D eigenvalue weighted by Gasteiger charge is 2.09. The normalized spacial score (nSPS) is 16.2. The highest BCUT2D eigenvalue weighted by Crippen LogP contribution is 2.06. The van der Waals surface area contributed by atoms with Gasteiger partial charge >= 0.3 is 0 Å². The topological polar surface area (TPSA) is 15.3 Å². The highest BCUT2D eigenvalue weighted by molar-refractivity contribution is 5.14. The van der Waals surface area contributed by atoms with Gasteiger partial charge in [0, 0.05) is 13.1 Å². The number of nitrogens with zero attached hydrogens (tertiary/aromatic N) is 1. The minimum absolute atomic E-state index is 1.16. The highest BCUT2D eigenvalue weighted by atomic mass is 15.1. The Morgan fingerprint density at radius 1 is 0.944 bits per heavy atom. The zero-order valence-corrected chi connectivity index (χ0v) is 11.4. The summed E-state index contributed by atoms with van der Waals surface area (Å²) >= 11 is 0. The van der Waals surface area contributed by atoms with Gasteiger partial charge < -0.3 is 10.2 Å². The van der Waals surface area contributed by atoms with Crippen molar-refractivity contribution in [1.82, 2.24) is 10.2 Å². The molecule has 0 unspecified atom stereocenters. The number of unbranched alkanes of at least 4 members (excludes halogenated alkanes) is 1. The number of hydrogen-bond acceptors (Lipinski definition) is 2. The van der Waals surface area contributed by atoms with Crippen LogP contribution in [0.15, 0.2) is 30.3 Å². The lowest BCUT2D eigenvalue weighted by Crippen LogP contribution is -2.30. The van der Waals surface area contributed by atoms with Crippen LogP contribution in [0.25, 0.3) is 0 Å². The number of rotatable bonds is 8. The summed E-state index contributed by atoms with van der Waals surface area (Å²) in [7, 11) is 0. The van der Waals surface area contributed by atoms with Crippen molar-refractivity contribution in [3.63, 3.8) is 0 Å².